The summed E-state index contributed by atoms with van der Waals surface area (Å²) in [7, 11) is 4.64. The number of aromatic nitrogens is 4. The number of nitrogens with zero attached hydrogens (tertiary/aromatic N) is 5. The number of hydrogen-bond donors (Lipinski definition) is 2. The van der Waals surface area contributed by atoms with Gasteiger partial charge in [0.25, 0.3) is 5.91 Å². The number of fused-ring (bicyclic) bond motifs is 1. The molecular formula is C25H36N6O5. The molecule has 2 heterocycles. The maximum Gasteiger partial charge on any atom is 0.271 e. The Labute approximate surface area is 210 Å². The van der Waals surface area contributed by atoms with Gasteiger partial charge in [-0.1, -0.05) is 28.2 Å². The van der Waals surface area contributed by atoms with Gasteiger partial charge in [0.15, 0.2) is 22.9 Å². The molecular weight excluding hydrogens is 464 g/mol. The molecule has 0 aliphatic heterocycles. The fourth-order valence-corrected chi connectivity index (χ4v) is 3.73. The lowest BCUT2D eigenvalue weighted by Gasteiger charge is -2.25. The Morgan fingerprint density at radius 2 is 1.89 bits per heavy atom. The highest BCUT2D eigenvalue weighted by Gasteiger charge is 2.25. The fraction of sp³-hybridized carbons (Fsp3) is 0.480. The minimum atomic E-state index is -0.337. The number of methoxy groups -OCH3 is 1. The van der Waals surface area contributed by atoms with E-state index in [0.29, 0.717) is 33.9 Å². The van der Waals surface area contributed by atoms with Crippen LogP contribution >= 0.6 is 0 Å². The summed E-state index contributed by atoms with van der Waals surface area (Å²) in [5.41, 5.74) is 2.61. The van der Waals surface area contributed by atoms with Crippen LogP contribution in [-0.4, -0.2) is 70.6 Å². The lowest BCUT2D eigenvalue weighted by Crippen LogP contribution is -2.29. The molecule has 36 heavy (non-hydrogen) atoms. The van der Waals surface area contributed by atoms with Gasteiger partial charge in [-0.25, -0.2) is 4.68 Å². The van der Waals surface area contributed by atoms with Crippen molar-refractivity contribution in [3.05, 3.63) is 46.2 Å². The van der Waals surface area contributed by atoms with Crippen molar-refractivity contribution < 1.29 is 24.2 Å². The van der Waals surface area contributed by atoms with Crippen LogP contribution in [0.3, 0.4) is 0 Å². The van der Waals surface area contributed by atoms with E-state index in [-0.39, 0.29) is 50.0 Å². The molecule has 2 aromatic heterocycles. The molecule has 0 unspecified atom stereocenters. The fourth-order valence-electron chi connectivity index (χ4n) is 3.73. The normalized spacial score (nSPS) is 11.8. The topological polar surface area (TPSA) is 132 Å². The van der Waals surface area contributed by atoms with Crippen molar-refractivity contribution in [1.82, 2.24) is 24.7 Å². The number of benzene rings is 1. The summed E-state index contributed by atoms with van der Waals surface area (Å²) >= 11 is 0. The lowest BCUT2D eigenvalue weighted by molar-refractivity contribution is 0.0950. The molecule has 11 nitrogen and oxygen atoms in total. The molecule has 0 bridgehead atoms. The number of Topliss-reactive ketones (excluding diaryl/α,β-unsaturated/α-hetero) is 1. The van der Waals surface area contributed by atoms with Crippen molar-refractivity contribution in [2.45, 2.75) is 47.1 Å². The largest absolute Gasteiger partial charge is 0.493 e. The van der Waals surface area contributed by atoms with Crippen molar-refractivity contribution >= 4 is 17.3 Å². The van der Waals surface area contributed by atoms with Crippen molar-refractivity contribution in [3.63, 3.8) is 0 Å². The molecule has 0 aliphatic carbocycles. The molecule has 1 amide bonds. The van der Waals surface area contributed by atoms with E-state index in [4.69, 9.17) is 9.47 Å². The van der Waals surface area contributed by atoms with Gasteiger partial charge in [-0.2, -0.15) is 9.61 Å². The average molecular weight is 501 g/mol. The van der Waals surface area contributed by atoms with E-state index >= 15 is 0 Å². The Morgan fingerprint density at radius 1 is 1.19 bits per heavy atom. The van der Waals surface area contributed by atoms with Crippen molar-refractivity contribution in [1.29, 1.82) is 0 Å². The third-order valence-electron chi connectivity index (χ3n) is 5.44. The standard InChI is InChI=1S/C24H32N6O5.CH4/c1-14-10-17(22(33)25-5)27-30-21(14)28-29(23(30)26-6)13-18(32)15-11-16(24(2,3)4)20(34-7)19(12-15)35-9-8-31;/h10-12,31H,8-9,13H2,1-7H3,(H,25,33);1H4. The van der Waals surface area contributed by atoms with Crippen LogP contribution in [0.25, 0.3) is 5.65 Å². The van der Waals surface area contributed by atoms with Crippen LogP contribution in [-0.2, 0) is 12.0 Å². The zero-order valence-electron chi connectivity index (χ0n) is 21.2. The number of hydrogen-bond acceptors (Lipinski definition) is 8. The SMILES string of the molecule is C.CN=c1n(CC(=O)c2cc(OCCO)c(OC)c(C(C)(C)C)c2)nc2c(C)cc(C(=O)NC)nn12. The second kappa shape index (κ2) is 11.3. The number of amides is 1. The molecule has 0 radical (unpaired) electrons. The summed E-state index contributed by atoms with van der Waals surface area (Å²) in [4.78, 5) is 29.8. The van der Waals surface area contributed by atoms with Gasteiger partial charge in [0.2, 0.25) is 5.62 Å². The number of ketones is 1. The number of ether oxygens (including phenoxy) is 2. The molecule has 0 spiro atoms. The predicted molar refractivity (Wildman–Crippen MR) is 136 cm³/mol. The molecule has 2 N–H and O–H groups in total. The summed E-state index contributed by atoms with van der Waals surface area (Å²) in [6.07, 6.45) is 0. The first-order valence-corrected chi connectivity index (χ1v) is 11.2. The number of rotatable bonds is 8. The first-order chi connectivity index (χ1) is 16.5. The van der Waals surface area contributed by atoms with Crippen LogP contribution in [0.1, 0.15) is 60.2 Å². The van der Waals surface area contributed by atoms with Crippen LogP contribution in [0, 0.1) is 6.92 Å². The summed E-state index contributed by atoms with van der Waals surface area (Å²) in [5, 5.41) is 20.7. The van der Waals surface area contributed by atoms with Gasteiger partial charge < -0.3 is 19.9 Å². The van der Waals surface area contributed by atoms with Crippen molar-refractivity contribution in [3.8, 4) is 11.5 Å². The van der Waals surface area contributed by atoms with E-state index in [1.807, 2.05) is 27.7 Å². The maximum atomic E-state index is 13.4. The Bertz CT molecular complexity index is 1330. The van der Waals surface area contributed by atoms with Gasteiger partial charge in [0.05, 0.1) is 13.7 Å². The number of carbonyl (C=O) groups excluding carboxylic acids is 2. The first kappa shape index (κ1) is 28.5. The number of aliphatic hydroxyl groups is 1. The highest BCUT2D eigenvalue weighted by atomic mass is 16.5. The average Bonchev–Trinajstić information content (AvgIpc) is 3.18. The molecule has 0 fully saturated rings. The molecule has 11 heteroatoms. The molecule has 0 saturated carbocycles. The van der Waals surface area contributed by atoms with Gasteiger partial charge in [0.1, 0.15) is 18.8 Å². The van der Waals surface area contributed by atoms with Crippen LogP contribution < -0.4 is 20.4 Å². The van der Waals surface area contributed by atoms with Crippen LogP contribution in [0.2, 0.25) is 0 Å². The van der Waals surface area contributed by atoms with E-state index in [2.05, 4.69) is 20.5 Å². The number of aliphatic hydroxyl groups excluding tert-OH is 1. The summed E-state index contributed by atoms with van der Waals surface area (Å²) in [6.45, 7) is 7.63. The second-order valence-corrected chi connectivity index (χ2v) is 9.01. The lowest BCUT2D eigenvalue weighted by atomic mass is 9.84. The number of aryl methyl sites for hydroxylation is 1. The minimum Gasteiger partial charge on any atom is -0.493 e. The van der Waals surface area contributed by atoms with E-state index in [1.165, 1.54) is 16.2 Å². The third kappa shape index (κ3) is 5.56. The quantitative estimate of drug-likeness (QED) is 0.452. The third-order valence-corrected chi connectivity index (χ3v) is 5.44. The summed E-state index contributed by atoms with van der Waals surface area (Å²) in [5.74, 6) is 0.338. The minimum absolute atomic E-state index is 0. The Morgan fingerprint density at radius 3 is 2.44 bits per heavy atom. The highest BCUT2D eigenvalue weighted by molar-refractivity contribution is 5.97. The van der Waals surface area contributed by atoms with Crippen LogP contribution in [0.5, 0.6) is 11.5 Å². The maximum absolute atomic E-state index is 13.4. The Kier molecular flexibility index (Phi) is 8.98. The molecule has 0 atom stereocenters. The summed E-state index contributed by atoms with van der Waals surface area (Å²) < 4.78 is 14.2. The van der Waals surface area contributed by atoms with E-state index < -0.39 is 0 Å². The van der Waals surface area contributed by atoms with Crippen molar-refractivity contribution in [2.75, 3.05) is 34.4 Å². The van der Waals surface area contributed by atoms with Gasteiger partial charge >= 0.3 is 0 Å². The molecule has 3 rings (SSSR count). The Balaban J connectivity index is 0.00000456. The van der Waals surface area contributed by atoms with E-state index in [9.17, 15) is 14.7 Å². The second-order valence-electron chi connectivity index (χ2n) is 9.01. The molecule has 196 valence electrons. The predicted octanol–water partition coefficient (Wildman–Crippen LogP) is 1.93. The van der Waals surface area contributed by atoms with Crippen molar-refractivity contribution in [2.24, 2.45) is 4.99 Å². The molecule has 0 saturated heterocycles. The van der Waals surface area contributed by atoms with Gasteiger partial charge in [-0.15, -0.1) is 5.10 Å². The number of nitrogens with one attached hydrogen (secondary N) is 1. The molecule has 0 aliphatic rings. The monoisotopic (exact) mass is 500 g/mol. The zero-order valence-corrected chi connectivity index (χ0v) is 21.2. The van der Waals surface area contributed by atoms with Gasteiger partial charge in [-0.3, -0.25) is 14.6 Å². The van der Waals surface area contributed by atoms with E-state index in [0.717, 1.165) is 5.56 Å². The van der Waals surface area contributed by atoms with Crippen LogP contribution in [0.4, 0.5) is 0 Å². The smallest absolute Gasteiger partial charge is 0.271 e. The van der Waals surface area contributed by atoms with Gasteiger partial charge in [-0.05, 0) is 36.1 Å². The molecule has 3 aromatic rings. The zero-order chi connectivity index (χ0) is 25.9. The first-order valence-electron chi connectivity index (χ1n) is 11.2. The van der Waals surface area contributed by atoms with Gasteiger partial charge in [0, 0.05) is 25.2 Å². The summed E-state index contributed by atoms with van der Waals surface area (Å²) in [6, 6.07) is 5.04. The molecule has 1 aromatic carbocycles. The Hall–Kier alpha value is -3.73. The van der Waals surface area contributed by atoms with E-state index in [1.54, 1.807) is 32.4 Å². The number of carbonyl (C=O) groups is 2. The highest BCUT2D eigenvalue weighted by Crippen LogP contribution is 2.39. The van der Waals surface area contributed by atoms with Crippen LogP contribution in [0.15, 0.2) is 23.2 Å².